The molecule has 1 aromatic heterocycles. The molecule has 176 valence electrons. The molecule has 1 N–H and O–H groups in total. The number of benzene rings is 2. The number of anilines is 1. The molecule has 1 amide bonds. The van der Waals surface area contributed by atoms with E-state index in [2.05, 4.69) is 29.4 Å². The summed E-state index contributed by atoms with van der Waals surface area (Å²) >= 11 is 1.31. The third-order valence-corrected chi connectivity index (χ3v) is 5.35. The van der Waals surface area contributed by atoms with Crippen molar-refractivity contribution >= 4 is 28.5 Å². The van der Waals surface area contributed by atoms with Gasteiger partial charge in [-0.3, -0.25) is 10.1 Å². The molecule has 0 saturated carbocycles. The number of amides is 1. The van der Waals surface area contributed by atoms with Gasteiger partial charge in [0.2, 0.25) is 5.13 Å². The zero-order valence-corrected chi connectivity index (χ0v) is 20.1. The molecule has 0 radical (unpaired) electrons. The van der Waals surface area contributed by atoms with Crippen LogP contribution in [0.15, 0.2) is 54.1 Å². The van der Waals surface area contributed by atoms with Gasteiger partial charge in [-0.15, -0.1) is 10.2 Å². The second-order valence-electron chi connectivity index (χ2n) is 7.67. The zero-order valence-electron chi connectivity index (χ0n) is 19.3. The third kappa shape index (κ3) is 7.60. The van der Waals surface area contributed by atoms with E-state index in [1.165, 1.54) is 17.4 Å². The van der Waals surface area contributed by atoms with Crippen molar-refractivity contribution in [2.24, 2.45) is 5.92 Å². The number of rotatable bonds is 11. The summed E-state index contributed by atoms with van der Waals surface area (Å²) in [6, 6.07) is 16.4. The number of hydrogen-bond acceptors (Lipinski definition) is 8. The van der Waals surface area contributed by atoms with Crippen LogP contribution in [0.3, 0.4) is 0 Å². The summed E-state index contributed by atoms with van der Waals surface area (Å²) in [5, 5.41) is 21.4. The van der Waals surface area contributed by atoms with Crippen molar-refractivity contribution in [1.82, 2.24) is 10.2 Å². The van der Waals surface area contributed by atoms with Gasteiger partial charge in [-0.05, 0) is 54.0 Å². The monoisotopic (exact) mass is 478 g/mol. The predicted molar refractivity (Wildman–Crippen MR) is 131 cm³/mol. The maximum Gasteiger partial charge on any atom is 0.268 e. The van der Waals surface area contributed by atoms with E-state index in [0.29, 0.717) is 35.6 Å². The molecule has 3 rings (SSSR count). The van der Waals surface area contributed by atoms with Gasteiger partial charge in [0.05, 0.1) is 7.11 Å². The van der Waals surface area contributed by atoms with Gasteiger partial charge in [0.15, 0.2) is 0 Å². The molecule has 1 heterocycles. The minimum absolute atomic E-state index is 0.0411. The van der Waals surface area contributed by atoms with Crippen LogP contribution in [0.2, 0.25) is 0 Å². The Kier molecular flexibility index (Phi) is 9.00. The van der Waals surface area contributed by atoms with Crippen molar-refractivity contribution in [2.75, 3.05) is 25.6 Å². The predicted octanol–water partition coefficient (Wildman–Crippen LogP) is 4.75. The SMILES string of the molecule is COc1ccc(OCCOc2cccc(/C=C(/C#N)C(=O)Nc3nnc(CC(C)C)s3)c2)cc1. The summed E-state index contributed by atoms with van der Waals surface area (Å²) in [6.45, 7) is 4.86. The van der Waals surface area contributed by atoms with Crippen molar-refractivity contribution in [2.45, 2.75) is 20.3 Å². The van der Waals surface area contributed by atoms with Crippen LogP contribution in [0.1, 0.15) is 24.4 Å². The van der Waals surface area contributed by atoms with E-state index in [9.17, 15) is 10.1 Å². The molecular formula is C25H26N4O4S. The van der Waals surface area contributed by atoms with Crippen molar-refractivity contribution in [3.63, 3.8) is 0 Å². The number of methoxy groups -OCH3 is 1. The van der Waals surface area contributed by atoms with Crippen LogP contribution in [0.5, 0.6) is 17.2 Å². The average Bonchev–Trinajstić information content (AvgIpc) is 3.26. The lowest BCUT2D eigenvalue weighted by atomic mass is 10.1. The molecule has 9 heteroatoms. The van der Waals surface area contributed by atoms with E-state index in [-0.39, 0.29) is 5.57 Å². The number of nitrogens with zero attached hydrogens (tertiary/aromatic N) is 3. The molecular weight excluding hydrogens is 452 g/mol. The summed E-state index contributed by atoms with van der Waals surface area (Å²) in [7, 11) is 1.61. The summed E-state index contributed by atoms with van der Waals surface area (Å²) in [5.41, 5.74) is 0.624. The largest absolute Gasteiger partial charge is 0.497 e. The first kappa shape index (κ1) is 24.7. The van der Waals surface area contributed by atoms with Crippen molar-refractivity contribution < 1.29 is 19.0 Å². The number of carbonyl (C=O) groups is 1. The molecule has 0 unspecified atom stereocenters. The standard InChI is InChI=1S/C25H26N4O4S/c1-17(2)13-23-28-29-25(34-23)27-24(30)19(16-26)14-18-5-4-6-22(15-18)33-12-11-32-21-9-7-20(31-3)8-10-21/h4-10,14-15,17H,11-13H2,1-3H3,(H,27,29,30)/b19-14-. The van der Waals surface area contributed by atoms with Crippen molar-refractivity contribution in [3.8, 4) is 23.3 Å². The summed E-state index contributed by atoms with van der Waals surface area (Å²) < 4.78 is 16.5. The highest BCUT2D eigenvalue weighted by molar-refractivity contribution is 7.15. The highest BCUT2D eigenvalue weighted by atomic mass is 32.1. The first-order valence-corrected chi connectivity index (χ1v) is 11.5. The van der Waals surface area contributed by atoms with Crippen molar-refractivity contribution in [1.29, 1.82) is 5.26 Å². The van der Waals surface area contributed by atoms with Crippen LogP contribution < -0.4 is 19.5 Å². The Hall–Kier alpha value is -3.90. The van der Waals surface area contributed by atoms with Crippen LogP contribution in [-0.4, -0.2) is 36.4 Å². The number of nitriles is 1. The van der Waals surface area contributed by atoms with Gasteiger partial charge in [-0.2, -0.15) is 5.26 Å². The number of aromatic nitrogens is 2. The Morgan fingerprint density at radius 3 is 2.47 bits per heavy atom. The van der Waals surface area contributed by atoms with Gasteiger partial charge in [0.25, 0.3) is 5.91 Å². The molecule has 0 saturated heterocycles. The Bertz CT molecular complexity index is 1170. The van der Waals surface area contributed by atoms with Gasteiger partial charge >= 0.3 is 0 Å². The molecule has 0 bridgehead atoms. The van der Waals surface area contributed by atoms with Crippen LogP contribution in [0, 0.1) is 17.2 Å². The highest BCUT2D eigenvalue weighted by Crippen LogP contribution is 2.21. The lowest BCUT2D eigenvalue weighted by Crippen LogP contribution is -2.13. The third-order valence-electron chi connectivity index (χ3n) is 4.48. The molecule has 8 nitrogen and oxygen atoms in total. The Morgan fingerprint density at radius 1 is 1.09 bits per heavy atom. The van der Waals surface area contributed by atoms with Crippen LogP contribution >= 0.6 is 11.3 Å². The van der Waals surface area contributed by atoms with Gasteiger partial charge < -0.3 is 14.2 Å². The van der Waals surface area contributed by atoms with E-state index in [1.807, 2.05) is 30.3 Å². The van der Waals surface area contributed by atoms with Gasteiger partial charge in [-0.25, -0.2) is 0 Å². The lowest BCUT2D eigenvalue weighted by Gasteiger charge is -2.09. The topological polar surface area (TPSA) is 106 Å². The second kappa shape index (κ2) is 12.4. The first-order chi connectivity index (χ1) is 16.5. The Labute approximate surface area is 202 Å². The maximum absolute atomic E-state index is 12.5. The minimum Gasteiger partial charge on any atom is -0.497 e. The Balaban J connectivity index is 1.55. The van der Waals surface area contributed by atoms with Gasteiger partial charge in [-0.1, -0.05) is 37.3 Å². The number of hydrogen-bond donors (Lipinski definition) is 1. The summed E-state index contributed by atoms with van der Waals surface area (Å²) in [6.07, 6.45) is 2.29. The van der Waals surface area contributed by atoms with E-state index >= 15 is 0 Å². The summed E-state index contributed by atoms with van der Waals surface area (Å²) in [4.78, 5) is 12.5. The highest BCUT2D eigenvalue weighted by Gasteiger charge is 2.13. The first-order valence-electron chi connectivity index (χ1n) is 10.7. The van der Waals surface area contributed by atoms with Crippen molar-refractivity contribution in [3.05, 3.63) is 64.7 Å². The minimum atomic E-state index is -0.533. The molecule has 0 spiro atoms. The lowest BCUT2D eigenvalue weighted by molar-refractivity contribution is -0.112. The Morgan fingerprint density at radius 2 is 1.79 bits per heavy atom. The molecule has 0 fully saturated rings. The van der Waals surface area contributed by atoms with E-state index in [0.717, 1.165) is 22.9 Å². The second-order valence-corrected chi connectivity index (χ2v) is 8.73. The van der Waals surface area contributed by atoms with E-state index < -0.39 is 5.91 Å². The number of carbonyl (C=O) groups excluding carboxylic acids is 1. The molecule has 3 aromatic rings. The zero-order chi connectivity index (χ0) is 24.3. The van der Waals surface area contributed by atoms with Gasteiger partial charge in [0, 0.05) is 6.42 Å². The van der Waals surface area contributed by atoms with Crippen LogP contribution in [-0.2, 0) is 11.2 Å². The smallest absolute Gasteiger partial charge is 0.268 e. The van der Waals surface area contributed by atoms with Gasteiger partial charge in [0.1, 0.15) is 47.1 Å². The molecule has 0 aliphatic heterocycles. The quantitative estimate of drug-likeness (QED) is 0.241. The van der Waals surface area contributed by atoms with E-state index in [1.54, 1.807) is 31.4 Å². The summed E-state index contributed by atoms with van der Waals surface area (Å²) in [5.74, 6) is 1.99. The number of ether oxygens (including phenoxy) is 3. The molecule has 0 aliphatic rings. The fraction of sp³-hybridized carbons (Fsp3) is 0.280. The molecule has 2 aromatic carbocycles. The maximum atomic E-state index is 12.5. The fourth-order valence-corrected chi connectivity index (χ4v) is 3.85. The van der Waals surface area contributed by atoms with Crippen LogP contribution in [0.25, 0.3) is 6.08 Å². The molecule has 0 atom stereocenters. The fourth-order valence-electron chi connectivity index (χ4n) is 2.90. The molecule has 34 heavy (non-hydrogen) atoms. The molecule has 0 aliphatic carbocycles. The van der Waals surface area contributed by atoms with Crippen LogP contribution in [0.4, 0.5) is 5.13 Å². The normalized spacial score (nSPS) is 11.1. The number of nitrogens with one attached hydrogen (secondary N) is 1. The average molecular weight is 479 g/mol. The van der Waals surface area contributed by atoms with E-state index in [4.69, 9.17) is 14.2 Å².